The summed E-state index contributed by atoms with van der Waals surface area (Å²) in [4.78, 5) is 7.26. The molecule has 2 aromatic heterocycles. The van der Waals surface area contributed by atoms with Crippen molar-refractivity contribution in [1.82, 2.24) is 4.98 Å². The van der Waals surface area contributed by atoms with Crippen LogP contribution in [-0.2, 0) is 6.42 Å². The molecule has 0 saturated carbocycles. The molecule has 1 unspecified atom stereocenters. The molecule has 0 aliphatic carbocycles. The van der Waals surface area contributed by atoms with Crippen LogP contribution in [0, 0.1) is 0 Å². The molecule has 0 radical (unpaired) electrons. The lowest BCUT2D eigenvalue weighted by Gasteiger charge is -2.36. The number of anilines is 1. The predicted molar refractivity (Wildman–Crippen MR) is 90.1 cm³/mol. The number of thiophene rings is 1. The predicted octanol–water partition coefficient (Wildman–Crippen LogP) is 4.81. The van der Waals surface area contributed by atoms with E-state index >= 15 is 0 Å². The van der Waals surface area contributed by atoms with Gasteiger partial charge in [-0.1, -0.05) is 24.3 Å². The third-order valence-electron chi connectivity index (χ3n) is 4.44. The van der Waals surface area contributed by atoms with Gasteiger partial charge in [0.2, 0.25) is 0 Å². The highest BCUT2D eigenvalue weighted by Crippen LogP contribution is 2.38. The van der Waals surface area contributed by atoms with Crippen LogP contribution in [0.2, 0.25) is 0 Å². The lowest BCUT2D eigenvalue weighted by atomic mass is 9.99. The zero-order valence-corrected chi connectivity index (χ0v) is 12.9. The number of fused-ring (bicyclic) bond motifs is 3. The molecule has 0 fully saturated rings. The summed E-state index contributed by atoms with van der Waals surface area (Å²) in [5.41, 5.74) is 4.00. The van der Waals surface area contributed by atoms with Crippen molar-refractivity contribution in [2.45, 2.75) is 25.8 Å². The van der Waals surface area contributed by atoms with Crippen molar-refractivity contribution < 1.29 is 0 Å². The number of aromatic nitrogens is 1. The van der Waals surface area contributed by atoms with E-state index in [1.807, 2.05) is 6.20 Å². The van der Waals surface area contributed by atoms with Crippen molar-refractivity contribution in [2.75, 3.05) is 11.4 Å². The van der Waals surface area contributed by atoms with Gasteiger partial charge in [-0.25, -0.2) is 0 Å². The summed E-state index contributed by atoms with van der Waals surface area (Å²) in [5.74, 6) is 0. The molecule has 4 rings (SSSR count). The molecule has 3 heterocycles. The first-order valence-corrected chi connectivity index (χ1v) is 8.44. The molecular formula is C18H18N2S. The highest BCUT2D eigenvalue weighted by Gasteiger charge is 2.25. The minimum atomic E-state index is 0.405. The maximum Gasteiger partial charge on any atom is 0.0670 e. The first-order chi connectivity index (χ1) is 10.3. The number of hydrogen-bond donors (Lipinski definition) is 0. The number of rotatable bonds is 2. The van der Waals surface area contributed by atoms with E-state index < -0.39 is 0 Å². The molecule has 106 valence electrons. The summed E-state index contributed by atoms with van der Waals surface area (Å²) in [6.45, 7) is 3.42. The molecule has 21 heavy (non-hydrogen) atoms. The Labute approximate surface area is 129 Å². The maximum atomic E-state index is 4.72. The van der Waals surface area contributed by atoms with Crippen molar-refractivity contribution in [3.05, 3.63) is 58.5 Å². The average Bonchev–Trinajstić information content (AvgIpc) is 3.08. The monoisotopic (exact) mass is 294 g/mol. The third-order valence-corrected chi connectivity index (χ3v) is 5.14. The smallest absolute Gasteiger partial charge is 0.0670 e. The molecule has 1 atom stereocenters. The molecule has 2 nitrogen and oxygen atoms in total. The Kier molecular flexibility index (Phi) is 3.15. The largest absolute Gasteiger partial charge is 0.363 e. The molecule has 3 heteroatoms. The van der Waals surface area contributed by atoms with Gasteiger partial charge in [-0.2, -0.15) is 11.3 Å². The summed E-state index contributed by atoms with van der Waals surface area (Å²) in [7, 11) is 0. The van der Waals surface area contributed by atoms with Crippen molar-refractivity contribution in [3.8, 4) is 0 Å². The number of aryl methyl sites for hydroxylation is 1. The van der Waals surface area contributed by atoms with Crippen LogP contribution < -0.4 is 4.90 Å². The van der Waals surface area contributed by atoms with Gasteiger partial charge in [0.1, 0.15) is 0 Å². The minimum absolute atomic E-state index is 0.405. The van der Waals surface area contributed by atoms with Crippen LogP contribution in [0.15, 0.2) is 47.3 Å². The van der Waals surface area contributed by atoms with E-state index in [9.17, 15) is 0 Å². The van der Waals surface area contributed by atoms with Crippen LogP contribution >= 0.6 is 11.3 Å². The molecule has 0 bridgehead atoms. The first-order valence-electron chi connectivity index (χ1n) is 7.50. The van der Waals surface area contributed by atoms with E-state index in [0.717, 1.165) is 13.0 Å². The second-order valence-corrected chi connectivity index (χ2v) is 6.45. The Hall–Kier alpha value is -1.87. The highest BCUT2D eigenvalue weighted by molar-refractivity contribution is 7.08. The highest BCUT2D eigenvalue weighted by atomic mass is 32.1. The minimum Gasteiger partial charge on any atom is -0.363 e. The van der Waals surface area contributed by atoms with Crippen molar-refractivity contribution >= 4 is 27.8 Å². The van der Waals surface area contributed by atoms with E-state index in [4.69, 9.17) is 4.98 Å². The zero-order chi connectivity index (χ0) is 14.2. The number of benzene rings is 1. The molecule has 3 aromatic rings. The van der Waals surface area contributed by atoms with Gasteiger partial charge in [-0.3, -0.25) is 4.98 Å². The molecule has 1 aliphatic rings. The van der Waals surface area contributed by atoms with Crippen molar-refractivity contribution in [1.29, 1.82) is 0 Å². The Morgan fingerprint density at radius 3 is 3.00 bits per heavy atom. The lowest BCUT2D eigenvalue weighted by molar-refractivity contribution is 0.612. The van der Waals surface area contributed by atoms with E-state index in [2.05, 4.69) is 52.9 Å². The zero-order valence-electron chi connectivity index (χ0n) is 12.1. The molecule has 0 amide bonds. The van der Waals surface area contributed by atoms with Crippen LogP contribution in [0.5, 0.6) is 0 Å². The third kappa shape index (κ3) is 2.12. The van der Waals surface area contributed by atoms with Crippen LogP contribution in [0.3, 0.4) is 0 Å². The lowest BCUT2D eigenvalue weighted by Crippen LogP contribution is -2.32. The molecular weight excluding hydrogens is 276 g/mol. The van der Waals surface area contributed by atoms with E-state index in [1.165, 1.54) is 34.1 Å². The standard InChI is InChI=1S/C18H18N2S/c1-13(15-8-10-21-12-15)20-9-4-7-17-18(20)16-6-3-2-5-14(16)11-19-17/h2-3,5-6,8,10-13H,4,7,9H2,1H3. The van der Waals surface area contributed by atoms with Gasteiger partial charge in [-0.05, 0) is 42.2 Å². The fourth-order valence-corrected chi connectivity index (χ4v) is 4.05. The number of hydrogen-bond acceptors (Lipinski definition) is 3. The second-order valence-electron chi connectivity index (χ2n) is 5.67. The Morgan fingerprint density at radius 1 is 1.24 bits per heavy atom. The summed E-state index contributed by atoms with van der Waals surface area (Å²) in [6.07, 6.45) is 4.30. The van der Waals surface area contributed by atoms with Crippen LogP contribution in [-0.4, -0.2) is 11.5 Å². The summed E-state index contributed by atoms with van der Waals surface area (Å²) in [6, 6.07) is 11.3. The van der Waals surface area contributed by atoms with Gasteiger partial charge in [-0.15, -0.1) is 0 Å². The molecule has 0 spiro atoms. The maximum absolute atomic E-state index is 4.72. The molecule has 0 saturated heterocycles. The van der Waals surface area contributed by atoms with Gasteiger partial charge >= 0.3 is 0 Å². The Bertz CT molecular complexity index is 764. The second kappa shape index (κ2) is 5.15. The molecule has 0 N–H and O–H groups in total. The fraction of sp³-hybridized carbons (Fsp3) is 0.278. The van der Waals surface area contributed by atoms with Gasteiger partial charge in [0, 0.05) is 23.5 Å². The molecule has 1 aliphatic heterocycles. The van der Waals surface area contributed by atoms with Gasteiger partial charge in [0.25, 0.3) is 0 Å². The Morgan fingerprint density at radius 2 is 2.14 bits per heavy atom. The SMILES string of the molecule is CC(c1ccsc1)N1CCCc2ncc3ccccc3c21. The van der Waals surface area contributed by atoms with E-state index in [0.29, 0.717) is 6.04 Å². The number of nitrogens with zero attached hydrogens (tertiary/aromatic N) is 2. The summed E-state index contributed by atoms with van der Waals surface area (Å²) >= 11 is 1.77. The van der Waals surface area contributed by atoms with Crippen LogP contribution in [0.1, 0.15) is 30.6 Å². The topological polar surface area (TPSA) is 16.1 Å². The fourth-order valence-electron chi connectivity index (χ4n) is 3.30. The van der Waals surface area contributed by atoms with Crippen molar-refractivity contribution in [2.24, 2.45) is 0 Å². The van der Waals surface area contributed by atoms with E-state index in [-0.39, 0.29) is 0 Å². The summed E-state index contributed by atoms with van der Waals surface area (Å²) in [5, 5.41) is 7.00. The van der Waals surface area contributed by atoms with Gasteiger partial charge in [0.15, 0.2) is 0 Å². The average molecular weight is 294 g/mol. The Balaban J connectivity index is 1.88. The van der Waals surface area contributed by atoms with Crippen molar-refractivity contribution in [3.63, 3.8) is 0 Å². The van der Waals surface area contributed by atoms with Gasteiger partial charge in [0.05, 0.1) is 17.4 Å². The quantitative estimate of drug-likeness (QED) is 0.674. The van der Waals surface area contributed by atoms with Crippen LogP contribution in [0.4, 0.5) is 5.69 Å². The molecule has 1 aromatic carbocycles. The summed E-state index contributed by atoms with van der Waals surface area (Å²) < 4.78 is 0. The number of pyridine rings is 1. The van der Waals surface area contributed by atoms with E-state index in [1.54, 1.807) is 11.3 Å². The van der Waals surface area contributed by atoms with Crippen LogP contribution in [0.25, 0.3) is 10.8 Å². The normalized spacial score (nSPS) is 16.0. The first kappa shape index (κ1) is 12.8. The van der Waals surface area contributed by atoms with Gasteiger partial charge < -0.3 is 4.90 Å².